The maximum atomic E-state index is 12.7. The quantitative estimate of drug-likeness (QED) is 0.534. The molecule has 26 heavy (non-hydrogen) atoms. The van der Waals surface area contributed by atoms with E-state index in [2.05, 4.69) is 25.1 Å². The standard InChI is InChI=1S/C19H12N6O/c26-18-16-17(23-19-24-20-11-25(18)19)22-15(13-9-5-2-6-10-13)14(21-16)12-7-3-1-4-8-12/h1-11H,(H,22,23,24). The third kappa shape index (κ3) is 2.18. The average molecular weight is 340 g/mol. The second-order valence-electron chi connectivity index (χ2n) is 5.79. The Morgan fingerprint density at radius 3 is 2.04 bits per heavy atom. The van der Waals surface area contributed by atoms with Crippen molar-refractivity contribution in [2.75, 3.05) is 0 Å². The predicted octanol–water partition coefficient (Wildman–Crippen LogP) is 2.69. The molecule has 5 aromatic rings. The van der Waals surface area contributed by atoms with Crippen LogP contribution in [0.2, 0.25) is 0 Å². The number of hydrogen-bond acceptors (Lipinski definition) is 5. The molecule has 0 aliphatic carbocycles. The number of aromatic nitrogens is 6. The van der Waals surface area contributed by atoms with Gasteiger partial charge in [-0.3, -0.25) is 4.79 Å². The van der Waals surface area contributed by atoms with Gasteiger partial charge in [0, 0.05) is 11.1 Å². The molecule has 124 valence electrons. The van der Waals surface area contributed by atoms with Gasteiger partial charge in [-0.05, 0) is 0 Å². The number of fused-ring (bicyclic) bond motifs is 2. The molecule has 0 saturated carbocycles. The largest absolute Gasteiger partial charge is 0.288 e. The summed E-state index contributed by atoms with van der Waals surface area (Å²) in [7, 11) is 0. The lowest BCUT2D eigenvalue weighted by molar-refractivity contribution is 1.06. The highest BCUT2D eigenvalue weighted by Crippen LogP contribution is 2.29. The molecule has 0 bridgehead atoms. The van der Waals surface area contributed by atoms with Gasteiger partial charge in [0.25, 0.3) is 5.56 Å². The van der Waals surface area contributed by atoms with Crippen LogP contribution in [0.25, 0.3) is 39.5 Å². The van der Waals surface area contributed by atoms with Crippen LogP contribution in [-0.4, -0.2) is 29.5 Å². The van der Waals surface area contributed by atoms with Crippen molar-refractivity contribution in [3.05, 3.63) is 77.3 Å². The summed E-state index contributed by atoms with van der Waals surface area (Å²) in [6, 6.07) is 19.4. The first-order chi connectivity index (χ1) is 12.8. The number of nitrogens with one attached hydrogen (secondary N) is 1. The van der Waals surface area contributed by atoms with E-state index in [1.165, 1.54) is 10.7 Å². The van der Waals surface area contributed by atoms with E-state index in [9.17, 15) is 4.79 Å². The highest BCUT2D eigenvalue weighted by atomic mass is 16.1. The van der Waals surface area contributed by atoms with Crippen LogP contribution in [0, 0.1) is 0 Å². The van der Waals surface area contributed by atoms with E-state index >= 15 is 0 Å². The van der Waals surface area contributed by atoms with Gasteiger partial charge in [0.15, 0.2) is 11.2 Å². The summed E-state index contributed by atoms with van der Waals surface area (Å²) in [6.45, 7) is 0. The van der Waals surface area contributed by atoms with Crippen LogP contribution in [0.1, 0.15) is 0 Å². The topological polar surface area (TPSA) is 88.8 Å². The third-order valence-corrected chi connectivity index (χ3v) is 4.17. The van der Waals surface area contributed by atoms with E-state index < -0.39 is 0 Å². The Kier molecular flexibility index (Phi) is 3.11. The molecule has 0 saturated heterocycles. The Labute approximate surface area is 147 Å². The minimum atomic E-state index is -0.303. The SMILES string of the molecule is O=c1c2nc(-c3ccccc3)c(-c3ccccc3)nc2nc2[nH]ncn12. The molecule has 2 aromatic carbocycles. The zero-order chi connectivity index (χ0) is 17.5. The van der Waals surface area contributed by atoms with Gasteiger partial charge >= 0.3 is 0 Å². The van der Waals surface area contributed by atoms with Gasteiger partial charge in [-0.2, -0.15) is 10.1 Å². The molecule has 0 radical (unpaired) electrons. The van der Waals surface area contributed by atoms with E-state index in [0.717, 1.165) is 11.1 Å². The highest BCUT2D eigenvalue weighted by Gasteiger charge is 2.17. The van der Waals surface area contributed by atoms with Crippen LogP contribution in [0.3, 0.4) is 0 Å². The van der Waals surface area contributed by atoms with Gasteiger partial charge in [0.1, 0.15) is 6.33 Å². The molecule has 3 heterocycles. The first-order valence-electron chi connectivity index (χ1n) is 8.05. The number of rotatable bonds is 2. The van der Waals surface area contributed by atoms with Crippen molar-refractivity contribution in [3.8, 4) is 22.5 Å². The second kappa shape index (κ2) is 5.59. The summed E-state index contributed by atoms with van der Waals surface area (Å²) in [5, 5.41) is 6.56. The minimum absolute atomic E-state index is 0.211. The van der Waals surface area contributed by atoms with Gasteiger partial charge in [-0.25, -0.2) is 19.5 Å². The van der Waals surface area contributed by atoms with Crippen molar-refractivity contribution in [3.63, 3.8) is 0 Å². The molecule has 3 aromatic heterocycles. The molecule has 0 unspecified atom stereocenters. The van der Waals surface area contributed by atoms with Crippen LogP contribution in [0.4, 0.5) is 0 Å². The molecule has 7 nitrogen and oxygen atoms in total. The Morgan fingerprint density at radius 1 is 0.769 bits per heavy atom. The van der Waals surface area contributed by atoms with E-state index in [-0.39, 0.29) is 16.7 Å². The van der Waals surface area contributed by atoms with Gasteiger partial charge < -0.3 is 0 Å². The highest BCUT2D eigenvalue weighted by molar-refractivity contribution is 5.84. The molecule has 0 aliphatic heterocycles. The van der Waals surface area contributed by atoms with Crippen LogP contribution in [-0.2, 0) is 0 Å². The van der Waals surface area contributed by atoms with Crippen molar-refractivity contribution >= 4 is 16.9 Å². The minimum Gasteiger partial charge on any atom is -0.266 e. The molecule has 0 atom stereocenters. The fourth-order valence-corrected chi connectivity index (χ4v) is 2.94. The van der Waals surface area contributed by atoms with Gasteiger partial charge in [-0.15, -0.1) is 0 Å². The fourth-order valence-electron chi connectivity index (χ4n) is 2.94. The van der Waals surface area contributed by atoms with Crippen LogP contribution < -0.4 is 5.56 Å². The van der Waals surface area contributed by atoms with Crippen molar-refractivity contribution < 1.29 is 0 Å². The van der Waals surface area contributed by atoms with E-state index in [0.29, 0.717) is 17.2 Å². The maximum absolute atomic E-state index is 12.7. The molecule has 0 amide bonds. The average Bonchev–Trinajstić information content (AvgIpc) is 3.17. The Bertz CT molecular complexity index is 1290. The molecule has 0 spiro atoms. The van der Waals surface area contributed by atoms with E-state index in [1.807, 2.05) is 60.7 Å². The van der Waals surface area contributed by atoms with E-state index in [4.69, 9.17) is 0 Å². The summed E-state index contributed by atoms with van der Waals surface area (Å²) < 4.78 is 1.33. The first kappa shape index (κ1) is 14.5. The Balaban J connectivity index is 1.91. The molecule has 0 aliphatic rings. The number of aromatic amines is 1. The smallest absolute Gasteiger partial charge is 0.266 e. The maximum Gasteiger partial charge on any atom is 0.288 e. The van der Waals surface area contributed by atoms with Crippen molar-refractivity contribution in [2.45, 2.75) is 0 Å². The molecule has 0 fully saturated rings. The molecular weight excluding hydrogens is 328 g/mol. The summed E-state index contributed by atoms with van der Waals surface area (Å²) in [6.07, 6.45) is 1.39. The number of benzene rings is 2. The third-order valence-electron chi connectivity index (χ3n) is 4.17. The number of hydrogen-bond donors (Lipinski definition) is 1. The second-order valence-corrected chi connectivity index (χ2v) is 5.79. The van der Waals surface area contributed by atoms with Gasteiger partial charge in [0.05, 0.1) is 11.4 Å². The van der Waals surface area contributed by atoms with Crippen molar-refractivity contribution in [1.82, 2.24) is 29.5 Å². The fraction of sp³-hybridized carbons (Fsp3) is 0. The van der Waals surface area contributed by atoms with E-state index in [1.54, 1.807) is 0 Å². The van der Waals surface area contributed by atoms with Crippen molar-refractivity contribution in [2.24, 2.45) is 0 Å². The lowest BCUT2D eigenvalue weighted by Crippen LogP contribution is -2.16. The zero-order valence-electron chi connectivity index (χ0n) is 13.5. The van der Waals surface area contributed by atoms with Crippen molar-refractivity contribution in [1.29, 1.82) is 0 Å². The normalized spacial score (nSPS) is 11.2. The number of nitrogens with zero attached hydrogens (tertiary/aromatic N) is 5. The van der Waals surface area contributed by atoms with Gasteiger partial charge in [-0.1, -0.05) is 60.7 Å². The Morgan fingerprint density at radius 2 is 1.38 bits per heavy atom. The van der Waals surface area contributed by atoms with Crippen LogP contribution in [0.15, 0.2) is 71.8 Å². The summed E-state index contributed by atoms with van der Waals surface area (Å²) >= 11 is 0. The molecule has 5 rings (SSSR count). The predicted molar refractivity (Wildman–Crippen MR) is 97.6 cm³/mol. The summed E-state index contributed by atoms with van der Waals surface area (Å²) in [5.74, 6) is 0.336. The lowest BCUT2D eigenvalue weighted by Gasteiger charge is -2.09. The zero-order valence-corrected chi connectivity index (χ0v) is 13.5. The van der Waals surface area contributed by atoms with Crippen LogP contribution in [0.5, 0.6) is 0 Å². The molecular formula is C19H12N6O. The first-order valence-corrected chi connectivity index (χ1v) is 8.05. The lowest BCUT2D eigenvalue weighted by atomic mass is 10.0. The monoisotopic (exact) mass is 340 g/mol. The summed E-state index contributed by atoms with van der Waals surface area (Å²) in [5.41, 5.74) is 3.32. The van der Waals surface area contributed by atoms with Crippen LogP contribution >= 0.6 is 0 Å². The molecule has 1 N–H and O–H groups in total. The molecule has 7 heteroatoms. The Hall–Kier alpha value is -3.87. The van der Waals surface area contributed by atoms with Gasteiger partial charge in [0.2, 0.25) is 5.78 Å². The summed E-state index contributed by atoms with van der Waals surface area (Å²) in [4.78, 5) is 26.5. The number of H-pyrrole nitrogens is 1.